The Hall–Kier alpha value is -2.50. The van der Waals surface area contributed by atoms with E-state index in [9.17, 15) is 13.6 Å². The predicted molar refractivity (Wildman–Crippen MR) is 103 cm³/mol. The van der Waals surface area contributed by atoms with Gasteiger partial charge in [0.2, 0.25) is 5.91 Å². The van der Waals surface area contributed by atoms with E-state index in [2.05, 4.69) is 5.32 Å². The Labute approximate surface area is 162 Å². The van der Waals surface area contributed by atoms with E-state index >= 15 is 4.39 Å². The summed E-state index contributed by atoms with van der Waals surface area (Å²) in [5, 5.41) is 2.45. The number of anilines is 2. The molecule has 1 fully saturated rings. The highest BCUT2D eigenvalue weighted by Crippen LogP contribution is 2.48. The second-order valence-corrected chi connectivity index (χ2v) is 8.23. The van der Waals surface area contributed by atoms with E-state index in [1.54, 1.807) is 12.1 Å². The van der Waals surface area contributed by atoms with E-state index in [1.165, 1.54) is 18.2 Å². The Bertz CT molecular complexity index is 907. The van der Waals surface area contributed by atoms with Crippen LogP contribution in [0.3, 0.4) is 0 Å². The number of amides is 1. The van der Waals surface area contributed by atoms with Crippen LogP contribution in [0, 0.1) is 22.9 Å². The summed E-state index contributed by atoms with van der Waals surface area (Å²) in [6.07, 6.45) is 3.42. The normalized spacial score (nSPS) is 17.2. The molecule has 0 saturated heterocycles. The van der Waals surface area contributed by atoms with Crippen LogP contribution in [0.25, 0.3) is 0 Å². The van der Waals surface area contributed by atoms with Gasteiger partial charge in [0.1, 0.15) is 11.5 Å². The zero-order valence-electron chi connectivity index (χ0n) is 15.8. The van der Waals surface area contributed by atoms with Gasteiger partial charge in [0.15, 0.2) is 11.6 Å². The fourth-order valence-corrected chi connectivity index (χ4v) is 3.79. The molecule has 2 aromatic carbocycles. The quantitative estimate of drug-likeness (QED) is 0.765. The van der Waals surface area contributed by atoms with Crippen molar-refractivity contribution in [1.82, 2.24) is 0 Å². The minimum atomic E-state index is -0.767. The summed E-state index contributed by atoms with van der Waals surface area (Å²) in [5.41, 5.74) is 1.40. The number of carbonyl (C=O) groups excluding carboxylic acids is 1. The van der Waals surface area contributed by atoms with E-state index in [0.29, 0.717) is 30.8 Å². The van der Waals surface area contributed by atoms with Crippen molar-refractivity contribution in [3.8, 4) is 0 Å². The summed E-state index contributed by atoms with van der Waals surface area (Å²) in [4.78, 5) is 14.1. The molecule has 0 unspecified atom stereocenters. The van der Waals surface area contributed by atoms with Crippen LogP contribution in [0.4, 0.5) is 24.5 Å². The van der Waals surface area contributed by atoms with Crippen LogP contribution in [0.1, 0.15) is 43.7 Å². The number of nitrogens with zero attached hydrogens (tertiary/aromatic N) is 1. The minimum absolute atomic E-state index is 0.0306. The molecular weight excluding hydrogens is 365 g/mol. The highest BCUT2D eigenvalue weighted by molar-refractivity contribution is 5.92. The van der Waals surface area contributed by atoms with Crippen LogP contribution in [0.5, 0.6) is 0 Å². The molecule has 148 valence electrons. The second-order valence-electron chi connectivity index (χ2n) is 8.23. The first-order chi connectivity index (χ1) is 13.3. The predicted octanol–water partition coefficient (Wildman–Crippen LogP) is 5.19. The average Bonchev–Trinajstić information content (AvgIpc) is 3.38. The van der Waals surface area contributed by atoms with Crippen molar-refractivity contribution >= 4 is 17.3 Å². The van der Waals surface area contributed by atoms with Gasteiger partial charge in [0.25, 0.3) is 0 Å². The van der Waals surface area contributed by atoms with Crippen molar-refractivity contribution in [2.75, 3.05) is 16.8 Å². The van der Waals surface area contributed by atoms with E-state index in [1.807, 2.05) is 11.8 Å². The van der Waals surface area contributed by atoms with Crippen LogP contribution in [-0.2, 0) is 17.8 Å². The van der Waals surface area contributed by atoms with Gasteiger partial charge in [-0.05, 0) is 54.9 Å². The monoisotopic (exact) mass is 388 g/mol. The molecule has 1 N–H and O–H groups in total. The molecule has 1 aliphatic carbocycles. The van der Waals surface area contributed by atoms with Crippen LogP contribution in [0.15, 0.2) is 30.3 Å². The Morgan fingerprint density at radius 3 is 2.57 bits per heavy atom. The first-order valence-corrected chi connectivity index (χ1v) is 9.65. The molecular formula is C22H23F3N2O. The number of benzene rings is 2. The van der Waals surface area contributed by atoms with Gasteiger partial charge in [-0.1, -0.05) is 19.1 Å². The lowest BCUT2D eigenvalue weighted by Gasteiger charge is -2.32. The summed E-state index contributed by atoms with van der Waals surface area (Å²) in [7, 11) is 0. The molecule has 0 aromatic heterocycles. The molecule has 1 aliphatic heterocycles. The van der Waals surface area contributed by atoms with Crippen LogP contribution in [-0.4, -0.2) is 12.5 Å². The fourth-order valence-electron chi connectivity index (χ4n) is 3.79. The lowest BCUT2D eigenvalue weighted by atomic mass is 9.98. The number of nitrogens with one attached hydrogen (secondary N) is 1. The maximum absolute atomic E-state index is 15.1. The van der Waals surface area contributed by atoms with Gasteiger partial charge in [0, 0.05) is 30.8 Å². The summed E-state index contributed by atoms with van der Waals surface area (Å²) in [6, 6.07) is 7.39. The zero-order valence-corrected chi connectivity index (χ0v) is 15.8. The van der Waals surface area contributed by atoms with Gasteiger partial charge in [-0.3, -0.25) is 4.79 Å². The van der Waals surface area contributed by atoms with Gasteiger partial charge in [0.05, 0.1) is 0 Å². The molecule has 2 aromatic rings. The third-order valence-electron chi connectivity index (χ3n) is 5.73. The summed E-state index contributed by atoms with van der Waals surface area (Å²) in [5.74, 6) is -2.12. The number of hydrogen-bond acceptors (Lipinski definition) is 2. The van der Waals surface area contributed by atoms with Gasteiger partial charge in [-0.25, -0.2) is 13.2 Å². The van der Waals surface area contributed by atoms with Crippen molar-refractivity contribution in [2.24, 2.45) is 5.41 Å². The third-order valence-corrected chi connectivity index (χ3v) is 5.73. The third kappa shape index (κ3) is 3.86. The van der Waals surface area contributed by atoms with Gasteiger partial charge in [-0.15, -0.1) is 0 Å². The summed E-state index contributed by atoms with van der Waals surface area (Å²) >= 11 is 0. The SMILES string of the molecule is CC1(CC(=O)Nc2c(F)cc3c(c2F)CCCN3Cc2ccc(F)cc2)CC1. The molecule has 1 heterocycles. The molecule has 6 heteroatoms. The Morgan fingerprint density at radius 2 is 1.89 bits per heavy atom. The van der Waals surface area contributed by atoms with Crippen molar-refractivity contribution in [3.63, 3.8) is 0 Å². The standard InChI is InChI=1S/C22H23F3N2O/c1-22(8-9-22)12-19(28)26-21-17(24)11-18-16(20(21)25)3-2-10-27(18)13-14-4-6-15(23)7-5-14/h4-7,11H,2-3,8-10,12-13H2,1H3,(H,26,28). The molecule has 2 aliphatic rings. The molecule has 1 amide bonds. The second kappa shape index (κ2) is 7.15. The molecule has 4 rings (SSSR count). The fraction of sp³-hybridized carbons (Fsp3) is 0.409. The van der Waals surface area contributed by atoms with Crippen molar-refractivity contribution < 1.29 is 18.0 Å². The van der Waals surface area contributed by atoms with Gasteiger partial charge in [-0.2, -0.15) is 0 Å². The largest absolute Gasteiger partial charge is 0.367 e. The maximum Gasteiger partial charge on any atom is 0.225 e. The smallest absolute Gasteiger partial charge is 0.225 e. The lowest BCUT2D eigenvalue weighted by molar-refractivity contribution is -0.117. The van der Waals surface area contributed by atoms with E-state index < -0.39 is 11.6 Å². The Kier molecular flexibility index (Phi) is 4.81. The summed E-state index contributed by atoms with van der Waals surface area (Å²) < 4.78 is 42.9. The number of rotatable bonds is 5. The average molecular weight is 388 g/mol. The van der Waals surface area contributed by atoms with Crippen molar-refractivity contribution in [2.45, 2.75) is 45.6 Å². The number of carbonyl (C=O) groups is 1. The topological polar surface area (TPSA) is 32.3 Å². The molecule has 1 saturated carbocycles. The molecule has 0 atom stereocenters. The first-order valence-electron chi connectivity index (χ1n) is 9.65. The van der Waals surface area contributed by atoms with Crippen LogP contribution >= 0.6 is 0 Å². The molecule has 3 nitrogen and oxygen atoms in total. The van der Waals surface area contributed by atoms with E-state index in [0.717, 1.165) is 24.8 Å². The van der Waals surface area contributed by atoms with E-state index in [-0.39, 0.29) is 29.2 Å². The molecule has 0 spiro atoms. The van der Waals surface area contributed by atoms with Crippen molar-refractivity contribution in [1.29, 1.82) is 0 Å². The summed E-state index contributed by atoms with van der Waals surface area (Å²) in [6.45, 7) is 3.10. The van der Waals surface area contributed by atoms with E-state index in [4.69, 9.17) is 0 Å². The number of fused-ring (bicyclic) bond motifs is 1. The van der Waals surface area contributed by atoms with Crippen molar-refractivity contribution in [3.05, 3.63) is 58.9 Å². The molecule has 0 radical (unpaired) electrons. The maximum atomic E-state index is 15.1. The first kappa shape index (κ1) is 18.8. The Morgan fingerprint density at radius 1 is 1.18 bits per heavy atom. The van der Waals surface area contributed by atoms with Crippen LogP contribution in [0.2, 0.25) is 0 Å². The Balaban J connectivity index is 1.58. The zero-order chi connectivity index (χ0) is 19.9. The number of hydrogen-bond donors (Lipinski definition) is 1. The molecule has 0 bridgehead atoms. The van der Waals surface area contributed by atoms with Gasteiger partial charge >= 0.3 is 0 Å². The highest BCUT2D eigenvalue weighted by atomic mass is 19.1. The van der Waals surface area contributed by atoms with Gasteiger partial charge < -0.3 is 10.2 Å². The lowest BCUT2D eigenvalue weighted by Crippen LogP contribution is -2.30. The molecule has 28 heavy (non-hydrogen) atoms. The van der Waals surface area contributed by atoms with Crippen LogP contribution < -0.4 is 10.2 Å². The minimum Gasteiger partial charge on any atom is -0.367 e. The number of halogens is 3. The highest BCUT2D eigenvalue weighted by Gasteiger charge is 2.39.